The smallest absolute Gasteiger partial charge is 0.364 e. The van der Waals surface area contributed by atoms with Crippen LogP contribution in [0.25, 0.3) is 0 Å². The van der Waals surface area contributed by atoms with E-state index < -0.39 is 54.7 Å². The summed E-state index contributed by atoms with van der Waals surface area (Å²) in [7, 11) is 1.07. The van der Waals surface area contributed by atoms with Crippen molar-refractivity contribution in [3.63, 3.8) is 0 Å². The number of carbonyl (C=O) groups excluding carboxylic acids is 1. The van der Waals surface area contributed by atoms with E-state index >= 15 is 0 Å². The lowest BCUT2D eigenvalue weighted by Crippen LogP contribution is -2.67. The van der Waals surface area contributed by atoms with Crippen molar-refractivity contribution >= 4 is 17.8 Å². The summed E-state index contributed by atoms with van der Waals surface area (Å²) in [5, 5.41) is 40.9. The van der Waals surface area contributed by atoms with Crippen molar-refractivity contribution in [1.82, 2.24) is 5.32 Å². The van der Waals surface area contributed by atoms with Crippen molar-refractivity contribution in [3.8, 4) is 0 Å². The molecule has 0 aromatic rings. The second kappa shape index (κ2) is 8.40. The fourth-order valence-electron chi connectivity index (χ4n) is 2.66. The van der Waals surface area contributed by atoms with E-state index in [4.69, 9.17) is 26.0 Å². The van der Waals surface area contributed by atoms with E-state index in [1.165, 1.54) is 6.92 Å². The first-order valence-corrected chi connectivity index (χ1v) is 7.37. The summed E-state index contributed by atoms with van der Waals surface area (Å²) in [4.78, 5) is 27.0. The summed E-state index contributed by atoms with van der Waals surface area (Å²) in [5.74, 6) is -4.64. The van der Waals surface area contributed by atoms with Gasteiger partial charge in [0.15, 0.2) is 5.96 Å². The Balaban J connectivity index is 3.38. The number of carboxylic acids is 1. The van der Waals surface area contributed by atoms with Crippen LogP contribution < -0.4 is 16.8 Å². The third-order valence-electron chi connectivity index (χ3n) is 3.83. The zero-order valence-electron chi connectivity index (χ0n) is 13.8. The van der Waals surface area contributed by atoms with Gasteiger partial charge in [-0.15, -0.1) is 0 Å². The van der Waals surface area contributed by atoms with Gasteiger partial charge in [-0.25, -0.2) is 9.79 Å². The zero-order valence-corrected chi connectivity index (χ0v) is 13.8. The number of methoxy groups -OCH3 is 1. The summed E-state index contributed by atoms with van der Waals surface area (Å²) in [5.41, 5.74) is 10.7. The second-order valence-corrected chi connectivity index (χ2v) is 5.64. The number of rotatable bonds is 7. The zero-order chi connectivity index (χ0) is 19.4. The predicted molar refractivity (Wildman–Crippen MR) is 83.2 cm³/mol. The van der Waals surface area contributed by atoms with Gasteiger partial charge >= 0.3 is 5.97 Å². The highest BCUT2D eigenvalue weighted by molar-refractivity contribution is 5.78. The number of aliphatic hydroxyl groups excluding tert-OH is 3. The SMILES string of the molecule is CO[C@]1(C(=O)O)C[C@H](N=C(N)N)[C@@H](NC(C)=O)[C@H]([C@H](O)[C@H](O)CO)O1. The molecule has 0 bridgehead atoms. The van der Waals surface area contributed by atoms with Gasteiger partial charge in [-0.2, -0.15) is 0 Å². The number of nitrogens with two attached hydrogens (primary N) is 2. The number of aliphatic imine (C=N–C) groups is 1. The molecule has 6 atom stereocenters. The molecule has 0 spiro atoms. The second-order valence-electron chi connectivity index (χ2n) is 5.64. The highest BCUT2D eigenvalue weighted by Gasteiger charge is 2.55. The Bertz CT molecular complexity index is 526. The molecule has 1 aliphatic heterocycles. The number of guanidine groups is 1. The van der Waals surface area contributed by atoms with Crippen LogP contribution in [0.4, 0.5) is 0 Å². The van der Waals surface area contributed by atoms with E-state index in [1.807, 2.05) is 0 Å². The van der Waals surface area contributed by atoms with Crippen LogP contribution in [0.1, 0.15) is 13.3 Å². The Labute approximate surface area is 143 Å². The number of hydrogen-bond donors (Lipinski definition) is 7. The molecule has 0 radical (unpaired) electrons. The predicted octanol–water partition coefficient (Wildman–Crippen LogP) is -3.94. The third kappa shape index (κ3) is 4.76. The maximum absolute atomic E-state index is 11.6. The summed E-state index contributed by atoms with van der Waals surface area (Å²) < 4.78 is 10.3. The van der Waals surface area contributed by atoms with Gasteiger partial charge in [0.25, 0.3) is 5.79 Å². The van der Waals surface area contributed by atoms with Crippen LogP contribution in [0.2, 0.25) is 0 Å². The van der Waals surface area contributed by atoms with Crippen molar-refractivity contribution in [2.24, 2.45) is 16.5 Å². The highest BCUT2D eigenvalue weighted by atomic mass is 16.7. The molecular weight excluding hydrogens is 340 g/mol. The molecule has 0 aliphatic carbocycles. The van der Waals surface area contributed by atoms with Crippen LogP contribution in [0.5, 0.6) is 0 Å². The van der Waals surface area contributed by atoms with Crippen LogP contribution in [-0.4, -0.2) is 88.2 Å². The van der Waals surface area contributed by atoms with E-state index in [0.29, 0.717) is 0 Å². The molecule has 0 unspecified atom stereocenters. The van der Waals surface area contributed by atoms with Gasteiger partial charge in [0.05, 0.1) is 18.7 Å². The quantitative estimate of drug-likeness (QED) is 0.172. The molecule has 9 N–H and O–H groups in total. The Morgan fingerprint density at radius 2 is 2.04 bits per heavy atom. The van der Waals surface area contributed by atoms with Gasteiger partial charge < -0.3 is 46.7 Å². The average molecular weight is 364 g/mol. The van der Waals surface area contributed by atoms with Crippen LogP contribution in [0, 0.1) is 0 Å². The number of nitrogens with one attached hydrogen (secondary N) is 1. The molecule has 1 saturated heterocycles. The van der Waals surface area contributed by atoms with Crippen LogP contribution >= 0.6 is 0 Å². The minimum Gasteiger partial charge on any atom is -0.477 e. The first-order valence-electron chi connectivity index (χ1n) is 7.37. The normalized spacial score (nSPS) is 31.6. The number of amides is 1. The van der Waals surface area contributed by atoms with Crippen molar-refractivity contribution < 1.29 is 39.5 Å². The van der Waals surface area contributed by atoms with Gasteiger partial charge in [-0.1, -0.05) is 0 Å². The van der Waals surface area contributed by atoms with Crippen molar-refractivity contribution in [1.29, 1.82) is 0 Å². The molecule has 12 nitrogen and oxygen atoms in total. The maximum atomic E-state index is 11.6. The first kappa shape index (κ1) is 21.1. The highest BCUT2D eigenvalue weighted by Crippen LogP contribution is 2.34. The van der Waals surface area contributed by atoms with Crippen LogP contribution in [-0.2, 0) is 19.1 Å². The molecule has 1 heterocycles. The first-order chi connectivity index (χ1) is 11.6. The molecule has 0 saturated carbocycles. The Morgan fingerprint density at radius 1 is 1.44 bits per heavy atom. The molecule has 25 heavy (non-hydrogen) atoms. The largest absolute Gasteiger partial charge is 0.477 e. The van der Waals surface area contributed by atoms with Crippen LogP contribution in [0.3, 0.4) is 0 Å². The number of ether oxygens (including phenoxy) is 2. The lowest BCUT2D eigenvalue weighted by molar-refractivity contribution is -0.291. The lowest BCUT2D eigenvalue weighted by atomic mass is 9.87. The molecule has 144 valence electrons. The molecule has 0 aromatic carbocycles. The van der Waals surface area contributed by atoms with Crippen molar-refractivity contribution in [3.05, 3.63) is 0 Å². The maximum Gasteiger partial charge on any atom is 0.364 e. The molecule has 1 amide bonds. The number of hydrogen-bond acceptors (Lipinski definition) is 8. The van der Waals surface area contributed by atoms with E-state index in [-0.39, 0.29) is 12.4 Å². The number of aliphatic hydroxyl groups is 3. The molecule has 12 heteroatoms. The van der Waals surface area contributed by atoms with Crippen molar-refractivity contribution in [2.75, 3.05) is 13.7 Å². The van der Waals surface area contributed by atoms with Crippen LogP contribution in [0.15, 0.2) is 4.99 Å². The molecule has 1 rings (SSSR count). The van der Waals surface area contributed by atoms with Gasteiger partial charge in [0.1, 0.15) is 18.3 Å². The summed E-state index contributed by atoms with van der Waals surface area (Å²) in [6.07, 6.45) is -5.28. The van der Waals surface area contributed by atoms with E-state index in [1.54, 1.807) is 0 Å². The number of carboxylic acid groups (broad SMARTS) is 1. The van der Waals surface area contributed by atoms with E-state index in [0.717, 1.165) is 7.11 Å². The Kier molecular flexibility index (Phi) is 7.07. The monoisotopic (exact) mass is 364 g/mol. The van der Waals surface area contributed by atoms with Gasteiger partial charge in [-0.05, 0) is 0 Å². The number of aliphatic carboxylic acids is 1. The number of nitrogens with zero attached hydrogens (tertiary/aromatic N) is 1. The molecule has 1 aliphatic rings. The lowest BCUT2D eigenvalue weighted by Gasteiger charge is -2.46. The Morgan fingerprint density at radius 3 is 2.44 bits per heavy atom. The topological polar surface area (TPSA) is 210 Å². The Hall–Kier alpha value is -1.99. The van der Waals surface area contributed by atoms with Gasteiger partial charge in [0, 0.05) is 20.5 Å². The summed E-state index contributed by atoms with van der Waals surface area (Å²) in [6.45, 7) is 0.363. The van der Waals surface area contributed by atoms with Crippen molar-refractivity contribution in [2.45, 2.75) is 49.5 Å². The third-order valence-corrected chi connectivity index (χ3v) is 3.83. The van der Waals surface area contributed by atoms with Gasteiger partial charge in [-0.3, -0.25) is 4.79 Å². The fraction of sp³-hybridized carbons (Fsp3) is 0.769. The fourth-order valence-corrected chi connectivity index (χ4v) is 2.66. The molecule has 0 aromatic heterocycles. The molecular formula is C13H24N4O8. The minimum absolute atomic E-state index is 0.375. The summed E-state index contributed by atoms with van der Waals surface area (Å²) >= 11 is 0. The van der Waals surface area contributed by atoms with E-state index in [2.05, 4.69) is 10.3 Å². The standard InChI is InChI=1S/C13H24N4O8/c1-5(19)16-8-6(17-12(14)15)3-13(24-2,11(22)23)25-10(8)9(21)7(20)4-18/h6-10,18,20-21H,3-4H2,1-2H3,(H,16,19)(H,22,23)(H4,14,15,17)/t6-,7+,8+,9+,10+,13+/m0/s1. The average Bonchev–Trinajstić information content (AvgIpc) is 2.53. The minimum atomic E-state index is -2.22. The van der Waals surface area contributed by atoms with E-state index in [9.17, 15) is 24.9 Å². The summed E-state index contributed by atoms with van der Waals surface area (Å²) in [6, 6.07) is -2.12. The van der Waals surface area contributed by atoms with Gasteiger partial charge in [0.2, 0.25) is 5.91 Å². The number of carbonyl (C=O) groups is 2. The molecule has 1 fully saturated rings.